The molecular formula is C17H42P2Pt+2. The standard InChI is InChI=1S/2C6H15P.C5H10.Pt/c2*1-4-7(5-2)6-3;1-5(2,3)4;/h2*4-6H2,1-3H3;1-2H2,3-4H3;/q;;-2;+2/p+2. The molecular weight excluding hydrogens is 461 g/mol. The first-order chi connectivity index (χ1) is 8.69. The summed E-state index contributed by atoms with van der Waals surface area (Å²) in [5.74, 6) is 0. The van der Waals surface area contributed by atoms with Crippen molar-refractivity contribution in [3.63, 3.8) is 0 Å². The van der Waals surface area contributed by atoms with Gasteiger partial charge in [-0.25, -0.2) is 0 Å². The van der Waals surface area contributed by atoms with Crippen LogP contribution in [0, 0.1) is 19.3 Å². The van der Waals surface area contributed by atoms with Crippen LogP contribution in [0.4, 0.5) is 0 Å². The number of rotatable bonds is 6. The zero-order valence-corrected chi connectivity index (χ0v) is 19.7. The van der Waals surface area contributed by atoms with Crippen LogP contribution >= 0.6 is 15.8 Å². The molecule has 20 heavy (non-hydrogen) atoms. The molecule has 0 saturated heterocycles. The van der Waals surface area contributed by atoms with Crippen LogP contribution in [0.5, 0.6) is 0 Å². The van der Waals surface area contributed by atoms with Crippen molar-refractivity contribution in [1.82, 2.24) is 0 Å². The van der Waals surface area contributed by atoms with E-state index in [4.69, 9.17) is 0 Å². The van der Waals surface area contributed by atoms with Crippen molar-refractivity contribution in [3.8, 4) is 0 Å². The molecule has 0 aliphatic rings. The summed E-state index contributed by atoms with van der Waals surface area (Å²) in [6, 6.07) is 0. The molecule has 0 aliphatic carbocycles. The fourth-order valence-electron chi connectivity index (χ4n) is 1.50. The quantitative estimate of drug-likeness (QED) is 0.299. The van der Waals surface area contributed by atoms with Gasteiger partial charge in [0.1, 0.15) is 0 Å². The van der Waals surface area contributed by atoms with Crippen LogP contribution in [0.15, 0.2) is 0 Å². The van der Waals surface area contributed by atoms with Gasteiger partial charge in [0.25, 0.3) is 0 Å². The van der Waals surface area contributed by atoms with Crippen LogP contribution in [0.25, 0.3) is 0 Å². The molecule has 0 heterocycles. The van der Waals surface area contributed by atoms with E-state index in [9.17, 15) is 0 Å². The molecule has 0 spiro atoms. The van der Waals surface area contributed by atoms with E-state index in [1.165, 1.54) is 37.0 Å². The van der Waals surface area contributed by atoms with Crippen molar-refractivity contribution in [1.29, 1.82) is 0 Å². The van der Waals surface area contributed by atoms with Gasteiger partial charge in [0.2, 0.25) is 0 Å². The first kappa shape index (κ1) is 29.5. The zero-order valence-electron chi connectivity index (χ0n) is 15.5. The molecule has 0 radical (unpaired) electrons. The molecule has 3 heteroatoms. The smallest absolute Gasteiger partial charge is 0.367 e. The van der Waals surface area contributed by atoms with Gasteiger partial charge in [-0.2, -0.15) is 0 Å². The molecule has 0 aromatic heterocycles. The van der Waals surface area contributed by atoms with Crippen LogP contribution in [0.2, 0.25) is 0 Å². The largest absolute Gasteiger partial charge is 2.00 e. The Morgan fingerprint density at radius 2 is 0.700 bits per heavy atom. The van der Waals surface area contributed by atoms with Gasteiger partial charge in [0.15, 0.2) is 0 Å². The van der Waals surface area contributed by atoms with Crippen LogP contribution in [0.1, 0.15) is 55.4 Å². The Bertz CT molecular complexity index is 119. The van der Waals surface area contributed by atoms with Crippen LogP contribution in [-0.4, -0.2) is 37.0 Å². The van der Waals surface area contributed by atoms with Crippen LogP contribution < -0.4 is 0 Å². The van der Waals surface area contributed by atoms with Gasteiger partial charge in [-0.15, -0.1) is 13.8 Å². The maximum Gasteiger partial charge on any atom is 2.00 e. The normalized spacial score (nSPS) is 10.2. The Hall–Kier alpha value is 1.55. The first-order valence-corrected chi connectivity index (χ1v) is 12.3. The second-order valence-electron chi connectivity index (χ2n) is 5.79. The van der Waals surface area contributed by atoms with Gasteiger partial charge in [-0.1, -0.05) is 0 Å². The van der Waals surface area contributed by atoms with E-state index in [-0.39, 0.29) is 42.3 Å². The summed E-state index contributed by atoms with van der Waals surface area (Å²) in [4.78, 5) is 0. The maximum absolute atomic E-state index is 3.66. The summed E-state index contributed by atoms with van der Waals surface area (Å²) in [5, 5.41) is 0. The first-order valence-electron chi connectivity index (χ1n) is 8.07. The molecule has 0 aromatic carbocycles. The van der Waals surface area contributed by atoms with Crippen molar-refractivity contribution in [3.05, 3.63) is 13.8 Å². The summed E-state index contributed by atoms with van der Waals surface area (Å²) in [7, 11) is 0.275. The minimum atomic E-state index is 0. The molecule has 0 amide bonds. The maximum atomic E-state index is 3.66. The Morgan fingerprint density at radius 1 is 0.600 bits per heavy atom. The minimum Gasteiger partial charge on any atom is -0.367 e. The third-order valence-electron chi connectivity index (χ3n) is 3.00. The van der Waals surface area contributed by atoms with E-state index < -0.39 is 0 Å². The summed E-state index contributed by atoms with van der Waals surface area (Å²) in [5.41, 5.74) is 0. The summed E-state index contributed by atoms with van der Waals surface area (Å²) < 4.78 is 0. The number of hydrogen-bond acceptors (Lipinski definition) is 0. The number of hydrogen-bond donors (Lipinski definition) is 0. The van der Waals surface area contributed by atoms with Gasteiger partial charge < -0.3 is 13.8 Å². The molecule has 0 aliphatic heterocycles. The van der Waals surface area contributed by atoms with Crippen molar-refractivity contribution in [2.24, 2.45) is 5.41 Å². The van der Waals surface area contributed by atoms with E-state index in [0.717, 1.165) is 0 Å². The second kappa shape index (κ2) is 20.5. The Kier molecular flexibility index (Phi) is 30.4. The summed E-state index contributed by atoms with van der Waals surface area (Å²) in [6.07, 6.45) is 8.74. The van der Waals surface area contributed by atoms with E-state index in [1.807, 2.05) is 13.8 Å². The van der Waals surface area contributed by atoms with E-state index in [1.54, 1.807) is 0 Å². The van der Waals surface area contributed by atoms with Crippen molar-refractivity contribution >= 4 is 15.8 Å². The Labute approximate surface area is 148 Å². The predicted molar refractivity (Wildman–Crippen MR) is 104 cm³/mol. The zero-order chi connectivity index (χ0) is 15.9. The van der Waals surface area contributed by atoms with Gasteiger partial charge in [0, 0.05) is 0 Å². The molecule has 0 N–H and O–H groups in total. The van der Waals surface area contributed by atoms with Gasteiger partial charge in [0.05, 0.1) is 37.0 Å². The second-order valence-corrected chi connectivity index (χ2v) is 13.0. The average Bonchev–Trinajstić information content (AvgIpc) is 2.32. The van der Waals surface area contributed by atoms with Crippen LogP contribution in [-0.2, 0) is 21.1 Å². The minimum absolute atomic E-state index is 0. The molecule has 0 bridgehead atoms. The monoisotopic (exact) mass is 503 g/mol. The van der Waals surface area contributed by atoms with Gasteiger partial charge in [-0.05, 0) is 57.4 Å². The average molecular weight is 504 g/mol. The van der Waals surface area contributed by atoms with Crippen molar-refractivity contribution in [2.45, 2.75) is 55.4 Å². The molecule has 0 rings (SSSR count). The van der Waals surface area contributed by atoms with E-state index in [2.05, 4.69) is 55.4 Å². The van der Waals surface area contributed by atoms with E-state index >= 15 is 0 Å². The van der Waals surface area contributed by atoms with Gasteiger partial charge in [-0.3, -0.25) is 5.41 Å². The van der Waals surface area contributed by atoms with Gasteiger partial charge >= 0.3 is 21.1 Å². The molecule has 0 fully saturated rings. The summed E-state index contributed by atoms with van der Waals surface area (Å²) >= 11 is 0. The third kappa shape index (κ3) is 36.6. The Morgan fingerprint density at radius 3 is 0.700 bits per heavy atom. The molecule has 128 valence electrons. The fourth-order valence-corrected chi connectivity index (χ4v) is 4.50. The SMILES string of the molecule is CC[PH+](CC)CC.CC[PH+](CC)CC.[CH2-]C([CH2-])(C)C.[Pt+2]. The van der Waals surface area contributed by atoms with E-state index in [0.29, 0.717) is 0 Å². The molecule has 0 aromatic rings. The topological polar surface area (TPSA) is 0 Å². The molecule has 0 saturated carbocycles. The molecule has 0 nitrogen and oxygen atoms in total. The van der Waals surface area contributed by atoms with Crippen LogP contribution in [0.3, 0.4) is 0 Å². The summed E-state index contributed by atoms with van der Waals surface area (Å²) in [6.45, 7) is 25.1. The van der Waals surface area contributed by atoms with Crippen molar-refractivity contribution < 1.29 is 21.1 Å². The molecule has 0 atom stereocenters. The Balaban J connectivity index is -0.0000000952. The third-order valence-corrected chi connectivity index (χ3v) is 9.00. The fraction of sp³-hybridized carbons (Fsp3) is 0.882. The predicted octanol–water partition coefficient (Wildman–Crippen LogP) is 6.20. The van der Waals surface area contributed by atoms with Crippen molar-refractivity contribution in [2.75, 3.05) is 37.0 Å². The molecule has 0 unspecified atom stereocenters.